The molecule has 0 fully saturated rings. The molecule has 0 saturated heterocycles. The minimum atomic E-state index is 0.859. The Hall–Kier alpha value is -7.82. The summed E-state index contributed by atoms with van der Waals surface area (Å²) in [6, 6.07) is 74.0. The lowest BCUT2D eigenvalue weighted by Crippen LogP contribution is -2.30. The number of para-hydroxylation sites is 3. The van der Waals surface area contributed by atoms with Crippen LogP contribution in [0.15, 0.2) is 215 Å². The summed E-state index contributed by atoms with van der Waals surface area (Å²) >= 11 is 0. The van der Waals surface area contributed by atoms with Crippen LogP contribution in [-0.2, 0) is 13.0 Å². The smallest absolute Gasteiger partial charge is 0.137 e. The number of anilines is 4. The van der Waals surface area contributed by atoms with Gasteiger partial charge in [-0.15, -0.1) is 0 Å². The second kappa shape index (κ2) is 14.5. The molecule has 9 aromatic carbocycles. The van der Waals surface area contributed by atoms with Gasteiger partial charge in [-0.2, -0.15) is 0 Å². The standard InChI is InChI=1S/C57H40N2O2/c1-3-13-38(14-4-1)39-25-28-44(29-26-39)59(45-19-11-15-40(33-45)41-27-30-50-48-20-7-9-23-54(48)60-56(50)34-41)53-36-57-52(49-21-8-10-24-55(49)61-57)35-51(53)47-22-12-16-42-37-58(32-31-46(42)47)43-17-5-2-6-18-43/h1-30,33-36H,31-32,37H2. The summed E-state index contributed by atoms with van der Waals surface area (Å²) in [6.45, 7) is 1.81. The Morgan fingerprint density at radius 1 is 0.393 bits per heavy atom. The molecular formula is C57H40N2O2. The molecule has 0 radical (unpaired) electrons. The summed E-state index contributed by atoms with van der Waals surface area (Å²) in [6.07, 6.45) is 0.940. The van der Waals surface area contributed by atoms with Crippen LogP contribution in [0, 0.1) is 0 Å². The first-order valence-corrected chi connectivity index (χ1v) is 21.1. The molecule has 4 heteroatoms. The van der Waals surface area contributed by atoms with Crippen molar-refractivity contribution in [2.75, 3.05) is 16.3 Å². The Kier molecular flexibility index (Phi) is 8.34. The minimum absolute atomic E-state index is 0.859. The Morgan fingerprint density at radius 2 is 1.00 bits per heavy atom. The highest BCUT2D eigenvalue weighted by Gasteiger charge is 2.26. The van der Waals surface area contributed by atoms with Crippen LogP contribution in [0.5, 0.6) is 0 Å². The zero-order valence-corrected chi connectivity index (χ0v) is 33.5. The lowest BCUT2D eigenvalue weighted by Gasteiger charge is -2.33. The molecule has 0 atom stereocenters. The lowest BCUT2D eigenvalue weighted by molar-refractivity contribution is 0.668. The van der Waals surface area contributed by atoms with E-state index < -0.39 is 0 Å². The molecule has 290 valence electrons. The van der Waals surface area contributed by atoms with Gasteiger partial charge in [-0.05, 0) is 112 Å². The molecule has 11 aromatic rings. The Bertz CT molecular complexity index is 3400. The van der Waals surface area contributed by atoms with Crippen LogP contribution in [-0.4, -0.2) is 6.54 Å². The summed E-state index contributed by atoms with van der Waals surface area (Å²) < 4.78 is 13.0. The summed E-state index contributed by atoms with van der Waals surface area (Å²) in [5.41, 5.74) is 17.7. The highest BCUT2D eigenvalue weighted by Crippen LogP contribution is 2.47. The molecule has 0 amide bonds. The molecular weight excluding hydrogens is 745 g/mol. The van der Waals surface area contributed by atoms with Gasteiger partial charge in [0.2, 0.25) is 0 Å². The number of rotatable bonds is 7. The maximum atomic E-state index is 6.67. The molecule has 2 aromatic heterocycles. The summed E-state index contributed by atoms with van der Waals surface area (Å²) in [5, 5.41) is 4.48. The molecule has 12 rings (SSSR count). The normalized spacial score (nSPS) is 12.7. The molecule has 0 saturated carbocycles. The number of hydrogen-bond donors (Lipinski definition) is 0. The third-order valence-corrected chi connectivity index (χ3v) is 12.5. The molecule has 4 nitrogen and oxygen atoms in total. The predicted octanol–water partition coefficient (Wildman–Crippen LogP) is 15.5. The minimum Gasteiger partial charge on any atom is -0.456 e. The molecule has 3 heterocycles. The number of furan rings is 2. The quantitative estimate of drug-likeness (QED) is 0.161. The van der Waals surface area contributed by atoms with E-state index in [1.807, 2.05) is 18.2 Å². The van der Waals surface area contributed by atoms with Crippen molar-refractivity contribution in [3.63, 3.8) is 0 Å². The van der Waals surface area contributed by atoms with E-state index in [9.17, 15) is 0 Å². The topological polar surface area (TPSA) is 32.8 Å². The van der Waals surface area contributed by atoms with Crippen molar-refractivity contribution >= 4 is 66.6 Å². The van der Waals surface area contributed by atoms with E-state index in [0.29, 0.717) is 0 Å². The van der Waals surface area contributed by atoms with E-state index in [4.69, 9.17) is 8.83 Å². The van der Waals surface area contributed by atoms with Crippen LogP contribution in [0.2, 0.25) is 0 Å². The number of fused-ring (bicyclic) bond motifs is 7. The van der Waals surface area contributed by atoms with Crippen molar-refractivity contribution in [3.05, 3.63) is 217 Å². The van der Waals surface area contributed by atoms with Crippen LogP contribution in [0.3, 0.4) is 0 Å². The molecule has 0 aliphatic carbocycles. The third kappa shape index (κ3) is 6.15. The van der Waals surface area contributed by atoms with Crippen molar-refractivity contribution in [2.45, 2.75) is 13.0 Å². The van der Waals surface area contributed by atoms with Crippen LogP contribution >= 0.6 is 0 Å². The fourth-order valence-electron chi connectivity index (χ4n) is 9.47. The zero-order valence-electron chi connectivity index (χ0n) is 33.5. The van der Waals surface area contributed by atoms with Gasteiger partial charge in [-0.25, -0.2) is 0 Å². The highest BCUT2D eigenvalue weighted by molar-refractivity contribution is 6.10. The van der Waals surface area contributed by atoms with E-state index >= 15 is 0 Å². The van der Waals surface area contributed by atoms with Crippen LogP contribution in [0.1, 0.15) is 11.1 Å². The Labute approximate surface area is 354 Å². The lowest BCUT2D eigenvalue weighted by atomic mass is 9.88. The summed E-state index contributed by atoms with van der Waals surface area (Å²) in [5.74, 6) is 0. The molecule has 1 aliphatic heterocycles. The summed E-state index contributed by atoms with van der Waals surface area (Å²) in [7, 11) is 0. The second-order valence-electron chi connectivity index (χ2n) is 16.0. The van der Waals surface area contributed by atoms with E-state index in [1.54, 1.807) is 0 Å². The van der Waals surface area contributed by atoms with Gasteiger partial charge in [0.15, 0.2) is 0 Å². The maximum absolute atomic E-state index is 6.67. The average Bonchev–Trinajstić information content (AvgIpc) is 3.89. The van der Waals surface area contributed by atoms with Gasteiger partial charge in [0, 0.05) is 63.3 Å². The zero-order chi connectivity index (χ0) is 40.3. The van der Waals surface area contributed by atoms with Crippen LogP contribution in [0.4, 0.5) is 22.7 Å². The van der Waals surface area contributed by atoms with E-state index in [1.165, 1.54) is 39.1 Å². The Morgan fingerprint density at radius 3 is 1.79 bits per heavy atom. The van der Waals surface area contributed by atoms with Crippen molar-refractivity contribution < 1.29 is 8.83 Å². The first-order chi connectivity index (χ1) is 30.2. The van der Waals surface area contributed by atoms with Crippen LogP contribution in [0.25, 0.3) is 77.3 Å². The molecule has 0 bridgehead atoms. The van der Waals surface area contributed by atoms with Crippen molar-refractivity contribution in [1.29, 1.82) is 0 Å². The largest absolute Gasteiger partial charge is 0.456 e. The number of hydrogen-bond acceptors (Lipinski definition) is 4. The van der Waals surface area contributed by atoms with Crippen molar-refractivity contribution in [1.82, 2.24) is 0 Å². The molecule has 61 heavy (non-hydrogen) atoms. The summed E-state index contributed by atoms with van der Waals surface area (Å²) in [4.78, 5) is 4.91. The molecule has 1 aliphatic rings. The fourth-order valence-corrected chi connectivity index (χ4v) is 9.47. The van der Waals surface area contributed by atoms with Crippen molar-refractivity contribution in [2.24, 2.45) is 0 Å². The van der Waals surface area contributed by atoms with Gasteiger partial charge in [0.25, 0.3) is 0 Å². The molecule has 0 spiro atoms. The maximum Gasteiger partial charge on any atom is 0.137 e. The Balaban J connectivity index is 1.06. The van der Waals surface area contributed by atoms with E-state index in [0.717, 1.165) is 91.6 Å². The molecule has 0 N–H and O–H groups in total. The first kappa shape index (κ1) is 35.2. The van der Waals surface area contributed by atoms with Gasteiger partial charge in [-0.3, -0.25) is 0 Å². The fraction of sp³-hybridized carbons (Fsp3) is 0.0526. The molecule has 0 unspecified atom stereocenters. The third-order valence-electron chi connectivity index (χ3n) is 12.5. The SMILES string of the molecule is c1ccc(-c2ccc(N(c3cccc(-c4ccc5c(c4)oc4ccccc45)c3)c3cc4oc5ccccc5c4cc3-c3cccc4c3CCN(c3ccccc3)C4)cc2)cc1. The average molecular weight is 785 g/mol. The first-order valence-electron chi connectivity index (χ1n) is 21.1. The van der Waals surface area contributed by atoms with E-state index in [2.05, 4.69) is 198 Å². The van der Waals surface area contributed by atoms with Crippen LogP contribution < -0.4 is 9.80 Å². The highest BCUT2D eigenvalue weighted by atomic mass is 16.3. The number of benzene rings is 9. The second-order valence-corrected chi connectivity index (χ2v) is 16.0. The van der Waals surface area contributed by atoms with Gasteiger partial charge >= 0.3 is 0 Å². The van der Waals surface area contributed by atoms with Gasteiger partial charge in [-0.1, -0.05) is 133 Å². The van der Waals surface area contributed by atoms with Gasteiger partial charge < -0.3 is 18.6 Å². The van der Waals surface area contributed by atoms with E-state index in [-0.39, 0.29) is 0 Å². The number of nitrogens with zero attached hydrogens (tertiary/aromatic N) is 2. The van der Waals surface area contributed by atoms with Crippen molar-refractivity contribution in [3.8, 4) is 33.4 Å². The van der Waals surface area contributed by atoms with Gasteiger partial charge in [0.1, 0.15) is 22.3 Å². The van der Waals surface area contributed by atoms with Gasteiger partial charge in [0.05, 0.1) is 5.69 Å². The monoisotopic (exact) mass is 784 g/mol. The predicted molar refractivity (Wildman–Crippen MR) is 253 cm³/mol.